The van der Waals surface area contributed by atoms with Crippen molar-refractivity contribution in [2.24, 2.45) is 7.05 Å². The Hall–Kier alpha value is -1.89. The molecule has 2 fully saturated rings. The third kappa shape index (κ3) is 2.65. The zero-order chi connectivity index (χ0) is 15.0. The zero-order valence-corrected chi connectivity index (χ0v) is 12.4. The molecule has 3 rings (SSSR count). The Morgan fingerprint density at radius 2 is 2.29 bits per heavy atom. The molecule has 3 heterocycles. The van der Waals surface area contributed by atoms with Crippen LogP contribution in [-0.4, -0.2) is 46.8 Å². The van der Waals surface area contributed by atoms with E-state index in [-0.39, 0.29) is 17.9 Å². The largest absolute Gasteiger partial charge is 0.343 e. The minimum Gasteiger partial charge on any atom is -0.343 e. The Morgan fingerprint density at radius 3 is 2.90 bits per heavy atom. The third-order valence-corrected chi connectivity index (χ3v) is 4.15. The molecule has 7 nitrogen and oxygen atoms in total. The second-order valence-electron chi connectivity index (χ2n) is 5.76. The molecule has 7 heteroatoms. The maximum absolute atomic E-state index is 12.5. The van der Waals surface area contributed by atoms with Crippen molar-refractivity contribution in [2.75, 3.05) is 18.0 Å². The summed E-state index contributed by atoms with van der Waals surface area (Å²) >= 11 is 0. The average molecular weight is 291 g/mol. The number of nitrogens with zero attached hydrogens (tertiary/aromatic N) is 3. The second-order valence-corrected chi connectivity index (χ2v) is 5.76. The van der Waals surface area contributed by atoms with Gasteiger partial charge in [-0.1, -0.05) is 0 Å². The molecule has 2 unspecified atom stereocenters. The fraction of sp³-hybridized carbons (Fsp3) is 0.643. The predicted octanol–water partition coefficient (Wildman–Crippen LogP) is -0.298. The summed E-state index contributed by atoms with van der Waals surface area (Å²) in [5, 5.41) is 10.3. The molecule has 21 heavy (non-hydrogen) atoms. The van der Waals surface area contributed by atoms with Gasteiger partial charge in [0.05, 0.1) is 11.7 Å². The summed E-state index contributed by atoms with van der Waals surface area (Å²) in [4.78, 5) is 26.3. The highest BCUT2D eigenvalue weighted by Crippen LogP contribution is 2.22. The summed E-state index contributed by atoms with van der Waals surface area (Å²) in [5.74, 6) is 0.673. The van der Waals surface area contributed by atoms with Crippen molar-refractivity contribution in [1.29, 1.82) is 0 Å². The number of carbonyl (C=O) groups is 2. The average Bonchev–Trinajstić information content (AvgIpc) is 3.13. The van der Waals surface area contributed by atoms with Gasteiger partial charge in [-0.3, -0.25) is 19.2 Å². The van der Waals surface area contributed by atoms with Crippen LogP contribution in [0.25, 0.3) is 0 Å². The van der Waals surface area contributed by atoms with Gasteiger partial charge in [0.2, 0.25) is 5.91 Å². The van der Waals surface area contributed by atoms with E-state index in [4.69, 9.17) is 0 Å². The molecule has 0 radical (unpaired) electrons. The Balaban J connectivity index is 1.66. The monoisotopic (exact) mass is 291 g/mol. The van der Waals surface area contributed by atoms with E-state index >= 15 is 0 Å². The Morgan fingerprint density at radius 1 is 1.48 bits per heavy atom. The van der Waals surface area contributed by atoms with Crippen LogP contribution >= 0.6 is 0 Å². The highest BCUT2D eigenvalue weighted by atomic mass is 16.2. The molecule has 114 valence electrons. The molecule has 0 aliphatic carbocycles. The number of hydrogen-bond acceptors (Lipinski definition) is 4. The molecule has 2 saturated heterocycles. The fourth-order valence-corrected chi connectivity index (χ4v) is 3.07. The highest BCUT2D eigenvalue weighted by molar-refractivity contribution is 6.01. The molecule has 2 N–H and O–H groups in total. The molecule has 0 saturated carbocycles. The third-order valence-electron chi connectivity index (χ3n) is 4.15. The molecule has 0 spiro atoms. The van der Waals surface area contributed by atoms with Crippen molar-refractivity contribution in [1.82, 2.24) is 20.4 Å². The van der Waals surface area contributed by atoms with Crippen LogP contribution < -0.4 is 15.5 Å². The van der Waals surface area contributed by atoms with E-state index in [1.54, 1.807) is 9.58 Å². The number of amides is 2. The van der Waals surface area contributed by atoms with Gasteiger partial charge in [-0.25, -0.2) is 0 Å². The molecule has 1 aromatic rings. The minimum absolute atomic E-state index is 0.0515. The molecular formula is C14H21N5O2. The maximum atomic E-state index is 12.5. The van der Waals surface area contributed by atoms with Crippen LogP contribution in [0.1, 0.15) is 25.0 Å². The number of hydrogen-bond donors (Lipinski definition) is 2. The van der Waals surface area contributed by atoms with E-state index in [2.05, 4.69) is 15.7 Å². The van der Waals surface area contributed by atoms with Gasteiger partial charge in [-0.2, -0.15) is 5.10 Å². The first-order valence-corrected chi connectivity index (χ1v) is 7.42. The highest BCUT2D eigenvalue weighted by Gasteiger charge is 2.36. The molecule has 2 aliphatic heterocycles. The quantitative estimate of drug-likeness (QED) is 0.801. The lowest BCUT2D eigenvalue weighted by atomic mass is 10.2. The smallest absolute Gasteiger partial charge is 0.250 e. The van der Waals surface area contributed by atoms with Crippen molar-refractivity contribution >= 4 is 17.6 Å². The van der Waals surface area contributed by atoms with Gasteiger partial charge in [0.15, 0.2) is 0 Å². The number of carbonyl (C=O) groups excluding carboxylic acids is 2. The van der Waals surface area contributed by atoms with Crippen LogP contribution in [0.4, 0.5) is 5.82 Å². The predicted molar refractivity (Wildman–Crippen MR) is 77.9 cm³/mol. The number of aryl methyl sites for hydroxylation is 2. The zero-order valence-electron chi connectivity index (χ0n) is 12.4. The van der Waals surface area contributed by atoms with E-state index in [1.807, 2.05) is 20.0 Å². The summed E-state index contributed by atoms with van der Waals surface area (Å²) < 4.78 is 1.70. The van der Waals surface area contributed by atoms with Gasteiger partial charge in [0.25, 0.3) is 5.91 Å². The lowest BCUT2D eigenvalue weighted by molar-refractivity contribution is -0.127. The normalized spacial score (nSPS) is 25.6. The SMILES string of the molecule is Cc1cc(N2CCC(NC(=O)C3CCCN3)C2=O)n(C)n1. The summed E-state index contributed by atoms with van der Waals surface area (Å²) in [7, 11) is 1.82. The lowest BCUT2D eigenvalue weighted by Crippen LogP contribution is -2.48. The van der Waals surface area contributed by atoms with E-state index in [9.17, 15) is 9.59 Å². The fourth-order valence-electron chi connectivity index (χ4n) is 3.07. The van der Waals surface area contributed by atoms with Gasteiger partial charge in [-0.05, 0) is 32.7 Å². The van der Waals surface area contributed by atoms with Crippen molar-refractivity contribution in [3.63, 3.8) is 0 Å². The van der Waals surface area contributed by atoms with Crippen LogP contribution in [0.15, 0.2) is 6.07 Å². The Labute approximate surface area is 123 Å². The first kappa shape index (κ1) is 14.1. The molecule has 0 aromatic carbocycles. The number of aromatic nitrogens is 2. The van der Waals surface area contributed by atoms with Gasteiger partial charge < -0.3 is 10.6 Å². The minimum atomic E-state index is -0.421. The van der Waals surface area contributed by atoms with Crippen LogP contribution in [0, 0.1) is 6.92 Å². The van der Waals surface area contributed by atoms with Gasteiger partial charge in [-0.15, -0.1) is 0 Å². The lowest BCUT2D eigenvalue weighted by Gasteiger charge is -2.18. The Kier molecular flexibility index (Phi) is 3.67. The second kappa shape index (κ2) is 5.48. The van der Waals surface area contributed by atoms with E-state index in [1.165, 1.54) is 0 Å². The first-order valence-electron chi connectivity index (χ1n) is 7.42. The van der Waals surface area contributed by atoms with Crippen LogP contribution in [-0.2, 0) is 16.6 Å². The van der Waals surface area contributed by atoms with E-state index < -0.39 is 6.04 Å². The van der Waals surface area contributed by atoms with Crippen molar-refractivity contribution < 1.29 is 9.59 Å². The van der Waals surface area contributed by atoms with Crippen LogP contribution in [0.3, 0.4) is 0 Å². The van der Waals surface area contributed by atoms with Crippen LogP contribution in [0.2, 0.25) is 0 Å². The Bertz CT molecular complexity index is 562. The number of nitrogens with one attached hydrogen (secondary N) is 2. The summed E-state index contributed by atoms with van der Waals surface area (Å²) in [6.45, 7) is 3.38. The van der Waals surface area contributed by atoms with Gasteiger partial charge in [0.1, 0.15) is 11.9 Å². The number of anilines is 1. The summed E-state index contributed by atoms with van der Waals surface area (Å²) in [5.41, 5.74) is 0.878. The molecule has 2 atom stereocenters. The van der Waals surface area contributed by atoms with Crippen molar-refractivity contribution in [3.05, 3.63) is 11.8 Å². The summed E-state index contributed by atoms with van der Waals surface area (Å²) in [6, 6.07) is 1.32. The molecule has 0 bridgehead atoms. The van der Waals surface area contributed by atoms with Gasteiger partial charge in [0, 0.05) is 19.7 Å². The topological polar surface area (TPSA) is 79.3 Å². The van der Waals surface area contributed by atoms with E-state index in [0.717, 1.165) is 30.9 Å². The first-order chi connectivity index (χ1) is 10.1. The molecule has 2 aliphatic rings. The van der Waals surface area contributed by atoms with Crippen molar-refractivity contribution in [3.8, 4) is 0 Å². The number of rotatable bonds is 3. The summed E-state index contributed by atoms with van der Waals surface area (Å²) in [6.07, 6.45) is 2.50. The molecule has 2 amide bonds. The standard InChI is InChI=1S/C14H21N5O2/c1-9-8-12(18(2)17-9)19-7-5-11(14(19)21)16-13(20)10-4-3-6-15-10/h8,10-11,15H,3-7H2,1-2H3,(H,16,20). The van der Waals surface area contributed by atoms with E-state index in [0.29, 0.717) is 13.0 Å². The molecule has 1 aromatic heterocycles. The van der Waals surface area contributed by atoms with Gasteiger partial charge >= 0.3 is 0 Å². The molecular weight excluding hydrogens is 270 g/mol. The van der Waals surface area contributed by atoms with Crippen LogP contribution in [0.5, 0.6) is 0 Å². The maximum Gasteiger partial charge on any atom is 0.250 e. The van der Waals surface area contributed by atoms with Crippen molar-refractivity contribution in [2.45, 2.75) is 38.3 Å².